The lowest BCUT2D eigenvalue weighted by Crippen LogP contribution is -2.27. The van der Waals surface area contributed by atoms with E-state index in [0.717, 1.165) is 29.9 Å². The first kappa shape index (κ1) is 16.2. The lowest BCUT2D eigenvalue weighted by Gasteiger charge is -2.11. The molecule has 0 aliphatic heterocycles. The van der Waals surface area contributed by atoms with E-state index < -0.39 is 0 Å². The van der Waals surface area contributed by atoms with E-state index in [-0.39, 0.29) is 5.91 Å². The molecule has 0 aliphatic rings. The molecule has 4 heteroatoms. The lowest BCUT2D eigenvalue weighted by atomic mass is 10.1. The van der Waals surface area contributed by atoms with Crippen molar-refractivity contribution in [3.63, 3.8) is 0 Å². The summed E-state index contributed by atoms with van der Waals surface area (Å²) in [5.74, 6) is -0.0524. The molecule has 0 radical (unpaired) electrons. The van der Waals surface area contributed by atoms with Crippen LogP contribution in [-0.2, 0) is 0 Å². The predicted molar refractivity (Wildman–Crippen MR) is 89.9 cm³/mol. The van der Waals surface area contributed by atoms with E-state index in [2.05, 4.69) is 15.2 Å². The number of nitrogens with one attached hydrogen (secondary N) is 1. The summed E-state index contributed by atoms with van der Waals surface area (Å²) in [7, 11) is 4.05. The Balaban J connectivity index is 2.02. The number of hydrogen-bond acceptors (Lipinski definition) is 3. The maximum absolute atomic E-state index is 12.2. The van der Waals surface area contributed by atoms with Crippen LogP contribution in [0.1, 0.15) is 22.5 Å². The summed E-state index contributed by atoms with van der Waals surface area (Å²) in [5, 5.41) is 2.95. The molecule has 0 unspecified atom stereocenters. The number of pyridine rings is 1. The van der Waals surface area contributed by atoms with Gasteiger partial charge in [-0.1, -0.05) is 30.3 Å². The van der Waals surface area contributed by atoms with Gasteiger partial charge in [0.2, 0.25) is 0 Å². The van der Waals surface area contributed by atoms with Crippen molar-refractivity contribution in [2.24, 2.45) is 0 Å². The van der Waals surface area contributed by atoms with Crippen LogP contribution in [0.4, 0.5) is 0 Å². The zero-order chi connectivity index (χ0) is 15.9. The molecule has 0 fully saturated rings. The summed E-state index contributed by atoms with van der Waals surface area (Å²) < 4.78 is 0. The van der Waals surface area contributed by atoms with Gasteiger partial charge >= 0.3 is 0 Å². The van der Waals surface area contributed by atoms with Gasteiger partial charge in [-0.15, -0.1) is 0 Å². The van der Waals surface area contributed by atoms with Crippen LogP contribution in [0.3, 0.4) is 0 Å². The van der Waals surface area contributed by atoms with Crippen molar-refractivity contribution >= 4 is 5.91 Å². The fraction of sp³-hybridized carbons (Fsp3) is 0.333. The Labute approximate surface area is 132 Å². The number of carbonyl (C=O) groups is 1. The Morgan fingerprint density at radius 1 is 1.14 bits per heavy atom. The maximum atomic E-state index is 12.2. The molecule has 0 aliphatic carbocycles. The summed E-state index contributed by atoms with van der Waals surface area (Å²) >= 11 is 0. The van der Waals surface area contributed by atoms with Crippen LogP contribution in [-0.4, -0.2) is 43.0 Å². The molecule has 116 valence electrons. The van der Waals surface area contributed by atoms with E-state index in [0.29, 0.717) is 12.1 Å². The van der Waals surface area contributed by atoms with Crippen LogP contribution in [0.15, 0.2) is 42.5 Å². The van der Waals surface area contributed by atoms with Gasteiger partial charge in [0.05, 0.1) is 17.0 Å². The largest absolute Gasteiger partial charge is 0.352 e. The second-order valence-corrected chi connectivity index (χ2v) is 5.61. The third-order valence-electron chi connectivity index (χ3n) is 3.47. The van der Waals surface area contributed by atoms with Gasteiger partial charge in [-0.3, -0.25) is 9.78 Å². The summed E-state index contributed by atoms with van der Waals surface area (Å²) in [4.78, 5) is 18.8. The number of nitrogens with zero attached hydrogens (tertiary/aromatic N) is 2. The van der Waals surface area contributed by atoms with Crippen LogP contribution in [0, 0.1) is 6.92 Å². The van der Waals surface area contributed by atoms with E-state index in [9.17, 15) is 4.79 Å². The Kier molecular flexibility index (Phi) is 5.67. The molecular weight excluding hydrogens is 274 g/mol. The Bertz CT molecular complexity index is 623. The first-order chi connectivity index (χ1) is 10.6. The van der Waals surface area contributed by atoms with Crippen molar-refractivity contribution in [3.8, 4) is 11.3 Å². The average Bonchev–Trinajstić information content (AvgIpc) is 2.52. The van der Waals surface area contributed by atoms with Gasteiger partial charge in [0.15, 0.2) is 0 Å². The van der Waals surface area contributed by atoms with Gasteiger partial charge in [-0.2, -0.15) is 0 Å². The highest BCUT2D eigenvalue weighted by Crippen LogP contribution is 2.18. The van der Waals surface area contributed by atoms with Gasteiger partial charge in [0.25, 0.3) is 5.91 Å². The normalized spacial score (nSPS) is 10.7. The first-order valence-corrected chi connectivity index (χ1v) is 7.54. The van der Waals surface area contributed by atoms with Gasteiger partial charge < -0.3 is 10.2 Å². The zero-order valence-electron chi connectivity index (χ0n) is 13.5. The van der Waals surface area contributed by atoms with Crippen LogP contribution in [0.2, 0.25) is 0 Å². The zero-order valence-corrected chi connectivity index (χ0v) is 13.5. The predicted octanol–water partition coefficient (Wildman–Crippen LogP) is 2.74. The maximum Gasteiger partial charge on any atom is 0.253 e. The Morgan fingerprint density at radius 3 is 2.50 bits per heavy atom. The Morgan fingerprint density at radius 2 is 1.86 bits per heavy atom. The molecule has 1 aromatic heterocycles. The second-order valence-electron chi connectivity index (χ2n) is 5.61. The number of aryl methyl sites for hydroxylation is 1. The first-order valence-electron chi connectivity index (χ1n) is 7.54. The van der Waals surface area contributed by atoms with Gasteiger partial charge in [0, 0.05) is 12.1 Å². The monoisotopic (exact) mass is 297 g/mol. The summed E-state index contributed by atoms with van der Waals surface area (Å²) in [6.45, 7) is 3.52. The molecule has 0 saturated carbocycles. The lowest BCUT2D eigenvalue weighted by molar-refractivity contribution is 0.0951. The molecule has 0 atom stereocenters. The van der Waals surface area contributed by atoms with Crippen molar-refractivity contribution in [1.29, 1.82) is 0 Å². The van der Waals surface area contributed by atoms with Crippen molar-refractivity contribution < 1.29 is 4.79 Å². The van der Waals surface area contributed by atoms with Gasteiger partial charge in [0.1, 0.15) is 0 Å². The van der Waals surface area contributed by atoms with E-state index in [1.165, 1.54) is 0 Å². The van der Waals surface area contributed by atoms with E-state index >= 15 is 0 Å². The fourth-order valence-electron chi connectivity index (χ4n) is 2.26. The molecule has 1 N–H and O–H groups in total. The topological polar surface area (TPSA) is 45.2 Å². The van der Waals surface area contributed by atoms with Crippen LogP contribution >= 0.6 is 0 Å². The highest BCUT2D eigenvalue weighted by Gasteiger charge is 2.10. The molecule has 1 aromatic carbocycles. The molecule has 2 rings (SSSR count). The highest BCUT2D eigenvalue weighted by molar-refractivity contribution is 5.95. The third kappa shape index (κ3) is 4.40. The standard InChI is InChI=1S/C18H23N3O/c1-14-16(18(22)19-12-7-13-21(2)3)10-11-17(20-14)15-8-5-4-6-9-15/h4-6,8-11H,7,12-13H2,1-3H3,(H,19,22). The summed E-state index contributed by atoms with van der Waals surface area (Å²) in [6, 6.07) is 13.7. The molecule has 22 heavy (non-hydrogen) atoms. The van der Waals surface area contributed by atoms with Crippen molar-refractivity contribution in [2.75, 3.05) is 27.2 Å². The highest BCUT2D eigenvalue weighted by atomic mass is 16.1. The average molecular weight is 297 g/mol. The van der Waals surface area contributed by atoms with Crippen LogP contribution in [0.25, 0.3) is 11.3 Å². The third-order valence-corrected chi connectivity index (χ3v) is 3.47. The minimum Gasteiger partial charge on any atom is -0.352 e. The van der Waals surface area contributed by atoms with E-state index in [1.54, 1.807) is 0 Å². The van der Waals surface area contributed by atoms with Gasteiger partial charge in [-0.05, 0) is 46.1 Å². The molecule has 4 nitrogen and oxygen atoms in total. The SMILES string of the molecule is Cc1nc(-c2ccccc2)ccc1C(=O)NCCCN(C)C. The smallest absolute Gasteiger partial charge is 0.253 e. The minimum absolute atomic E-state index is 0.0524. The molecule has 1 amide bonds. The summed E-state index contributed by atoms with van der Waals surface area (Å²) in [5.41, 5.74) is 3.35. The number of rotatable bonds is 6. The molecule has 1 heterocycles. The fourth-order valence-corrected chi connectivity index (χ4v) is 2.26. The van der Waals surface area contributed by atoms with Crippen molar-refractivity contribution in [2.45, 2.75) is 13.3 Å². The van der Waals surface area contributed by atoms with Crippen molar-refractivity contribution in [1.82, 2.24) is 15.2 Å². The quantitative estimate of drug-likeness (QED) is 0.834. The van der Waals surface area contributed by atoms with E-state index in [1.807, 2.05) is 63.5 Å². The number of aromatic nitrogens is 1. The van der Waals surface area contributed by atoms with Crippen molar-refractivity contribution in [3.05, 3.63) is 53.7 Å². The van der Waals surface area contributed by atoms with E-state index in [4.69, 9.17) is 0 Å². The summed E-state index contributed by atoms with van der Waals surface area (Å²) in [6.07, 6.45) is 0.938. The molecular formula is C18H23N3O. The molecule has 2 aromatic rings. The number of benzene rings is 1. The molecule has 0 bridgehead atoms. The molecule has 0 saturated heterocycles. The van der Waals surface area contributed by atoms with Crippen LogP contribution in [0.5, 0.6) is 0 Å². The minimum atomic E-state index is -0.0524. The van der Waals surface area contributed by atoms with Gasteiger partial charge in [-0.25, -0.2) is 0 Å². The number of carbonyl (C=O) groups excluding carboxylic acids is 1. The Hall–Kier alpha value is -2.20. The van der Waals surface area contributed by atoms with Crippen LogP contribution < -0.4 is 5.32 Å². The number of hydrogen-bond donors (Lipinski definition) is 1. The molecule has 0 spiro atoms. The second kappa shape index (κ2) is 7.71. The number of amides is 1.